The van der Waals surface area contributed by atoms with Crippen molar-refractivity contribution < 1.29 is 28.6 Å². The van der Waals surface area contributed by atoms with Crippen LogP contribution in [-0.2, 0) is 23.8 Å². The summed E-state index contributed by atoms with van der Waals surface area (Å²) in [6.45, 7) is 0. The summed E-state index contributed by atoms with van der Waals surface area (Å²) in [6, 6.07) is 6.59. The van der Waals surface area contributed by atoms with Crippen molar-refractivity contribution in [1.82, 2.24) is 0 Å². The highest BCUT2D eigenvalue weighted by Crippen LogP contribution is 2.60. The molecule has 1 aromatic rings. The van der Waals surface area contributed by atoms with Crippen LogP contribution in [0.1, 0.15) is 28.3 Å². The number of carbonyl (C=O) groups is 3. The molecule has 1 aliphatic carbocycles. The molecule has 0 N–H and O–H groups in total. The van der Waals surface area contributed by atoms with E-state index in [9.17, 15) is 14.4 Å². The van der Waals surface area contributed by atoms with Crippen LogP contribution in [0.2, 0.25) is 0 Å². The van der Waals surface area contributed by atoms with Gasteiger partial charge in [-0.2, -0.15) is 0 Å². The first-order chi connectivity index (χ1) is 10.0. The van der Waals surface area contributed by atoms with E-state index in [0.29, 0.717) is 12.0 Å². The van der Waals surface area contributed by atoms with Gasteiger partial charge in [-0.15, -0.1) is 0 Å². The maximum Gasteiger partial charge on any atom is 0.337 e. The van der Waals surface area contributed by atoms with Crippen molar-refractivity contribution in [3.05, 3.63) is 35.4 Å². The topological polar surface area (TPSA) is 78.9 Å². The van der Waals surface area contributed by atoms with E-state index in [4.69, 9.17) is 9.47 Å². The first-order valence-corrected chi connectivity index (χ1v) is 6.36. The summed E-state index contributed by atoms with van der Waals surface area (Å²) < 4.78 is 14.1. The molecule has 0 radical (unpaired) electrons. The monoisotopic (exact) mass is 292 g/mol. The molecule has 1 aliphatic rings. The number of hydrogen-bond acceptors (Lipinski definition) is 6. The third kappa shape index (κ3) is 2.37. The molecule has 0 aliphatic heterocycles. The Bertz CT molecular complexity index is 558. The van der Waals surface area contributed by atoms with E-state index in [2.05, 4.69) is 4.74 Å². The summed E-state index contributed by atoms with van der Waals surface area (Å²) in [5.74, 6) is -1.94. The van der Waals surface area contributed by atoms with E-state index >= 15 is 0 Å². The maximum atomic E-state index is 11.9. The molecule has 0 bridgehead atoms. The molecule has 1 fully saturated rings. The van der Waals surface area contributed by atoms with Crippen LogP contribution in [-0.4, -0.2) is 39.2 Å². The molecule has 6 heteroatoms. The lowest BCUT2D eigenvalue weighted by Crippen LogP contribution is -2.30. The van der Waals surface area contributed by atoms with Crippen LogP contribution >= 0.6 is 0 Å². The Morgan fingerprint density at radius 1 is 0.952 bits per heavy atom. The average molecular weight is 292 g/mol. The summed E-state index contributed by atoms with van der Waals surface area (Å²) in [6.07, 6.45) is 0.337. The second-order valence-electron chi connectivity index (χ2n) is 4.82. The predicted molar refractivity (Wildman–Crippen MR) is 71.6 cm³/mol. The highest BCUT2D eigenvalue weighted by Gasteiger charge is 2.68. The number of ether oxygens (including phenoxy) is 3. The first-order valence-electron chi connectivity index (χ1n) is 6.36. The summed E-state index contributed by atoms with van der Waals surface area (Å²) in [7, 11) is 3.78. The molecule has 2 rings (SSSR count). The molecule has 0 heterocycles. The minimum absolute atomic E-state index is 0.302. The van der Waals surface area contributed by atoms with E-state index in [1.807, 2.05) is 0 Å². The van der Waals surface area contributed by atoms with E-state index in [-0.39, 0.29) is 5.92 Å². The predicted octanol–water partition coefficient (Wildman–Crippen LogP) is 1.29. The molecular weight excluding hydrogens is 276 g/mol. The Morgan fingerprint density at radius 2 is 1.48 bits per heavy atom. The van der Waals surface area contributed by atoms with Crippen molar-refractivity contribution >= 4 is 17.9 Å². The Balaban J connectivity index is 2.25. The van der Waals surface area contributed by atoms with E-state index in [1.165, 1.54) is 21.3 Å². The van der Waals surface area contributed by atoms with Gasteiger partial charge in [-0.1, -0.05) is 12.1 Å². The minimum Gasteiger partial charge on any atom is -0.468 e. The quantitative estimate of drug-likeness (QED) is 0.473. The maximum absolute atomic E-state index is 11.9. The number of carbonyl (C=O) groups excluding carboxylic acids is 3. The zero-order valence-electron chi connectivity index (χ0n) is 12.0. The van der Waals surface area contributed by atoms with Gasteiger partial charge in [0.15, 0.2) is 5.41 Å². The number of hydrogen-bond donors (Lipinski definition) is 0. The zero-order valence-corrected chi connectivity index (χ0v) is 12.0. The first kappa shape index (κ1) is 15.0. The van der Waals surface area contributed by atoms with Gasteiger partial charge in [0.25, 0.3) is 0 Å². The third-order valence-electron chi connectivity index (χ3n) is 3.79. The van der Waals surface area contributed by atoms with Crippen molar-refractivity contribution in [3.8, 4) is 0 Å². The van der Waals surface area contributed by atoms with Crippen molar-refractivity contribution in [3.63, 3.8) is 0 Å². The van der Waals surface area contributed by atoms with E-state index in [0.717, 1.165) is 5.56 Å². The lowest BCUT2D eigenvalue weighted by atomic mass is 9.98. The lowest BCUT2D eigenvalue weighted by Gasteiger charge is -2.12. The molecule has 6 nitrogen and oxygen atoms in total. The van der Waals surface area contributed by atoms with Crippen molar-refractivity contribution in [2.75, 3.05) is 21.3 Å². The zero-order chi connectivity index (χ0) is 15.6. The molecule has 0 spiro atoms. The lowest BCUT2D eigenvalue weighted by molar-refractivity contribution is -0.161. The fourth-order valence-electron chi connectivity index (χ4n) is 2.53. The van der Waals surface area contributed by atoms with E-state index < -0.39 is 23.3 Å². The molecule has 0 saturated heterocycles. The average Bonchev–Trinajstić information content (AvgIpc) is 3.29. The van der Waals surface area contributed by atoms with Gasteiger partial charge >= 0.3 is 17.9 Å². The van der Waals surface area contributed by atoms with Crippen molar-refractivity contribution in [2.45, 2.75) is 12.3 Å². The van der Waals surface area contributed by atoms with Gasteiger partial charge in [-0.25, -0.2) is 4.79 Å². The smallest absolute Gasteiger partial charge is 0.337 e. The summed E-state index contributed by atoms with van der Waals surface area (Å²) in [5.41, 5.74) is -0.0851. The Hall–Kier alpha value is -2.37. The van der Waals surface area contributed by atoms with Gasteiger partial charge in [0, 0.05) is 5.92 Å². The van der Waals surface area contributed by atoms with Gasteiger partial charge < -0.3 is 14.2 Å². The summed E-state index contributed by atoms with van der Waals surface area (Å²) in [4.78, 5) is 35.2. The number of rotatable bonds is 4. The molecule has 0 amide bonds. The van der Waals surface area contributed by atoms with Crippen molar-refractivity contribution in [1.29, 1.82) is 0 Å². The SMILES string of the molecule is COC(=O)c1ccc(C2CC2(C(=O)OC)C(=O)OC)cc1. The van der Waals surface area contributed by atoms with Crippen LogP contribution in [0.4, 0.5) is 0 Å². The van der Waals surface area contributed by atoms with Gasteiger partial charge in [0.1, 0.15) is 0 Å². The minimum atomic E-state index is -1.27. The fourth-order valence-corrected chi connectivity index (χ4v) is 2.53. The molecular formula is C15H16O6. The highest BCUT2D eigenvalue weighted by molar-refractivity contribution is 6.05. The summed E-state index contributed by atoms with van der Waals surface area (Å²) in [5, 5.41) is 0. The highest BCUT2D eigenvalue weighted by atomic mass is 16.5. The van der Waals surface area contributed by atoms with Crippen LogP contribution in [0.25, 0.3) is 0 Å². The molecule has 1 saturated carbocycles. The summed E-state index contributed by atoms with van der Waals surface area (Å²) >= 11 is 0. The molecule has 0 aromatic heterocycles. The van der Waals surface area contributed by atoms with Crippen LogP contribution in [0, 0.1) is 5.41 Å². The molecule has 1 aromatic carbocycles. The van der Waals surface area contributed by atoms with Crippen LogP contribution < -0.4 is 0 Å². The number of methoxy groups -OCH3 is 3. The van der Waals surface area contributed by atoms with Gasteiger partial charge in [-0.05, 0) is 24.1 Å². The fraction of sp³-hybridized carbons (Fsp3) is 0.400. The largest absolute Gasteiger partial charge is 0.468 e. The second kappa shape index (κ2) is 5.55. The van der Waals surface area contributed by atoms with Gasteiger partial charge in [0.05, 0.1) is 26.9 Å². The second-order valence-corrected chi connectivity index (χ2v) is 4.82. The van der Waals surface area contributed by atoms with Gasteiger partial charge in [0.2, 0.25) is 0 Å². The Labute approximate surface area is 122 Å². The van der Waals surface area contributed by atoms with Crippen molar-refractivity contribution in [2.24, 2.45) is 5.41 Å². The Morgan fingerprint density at radius 3 is 1.90 bits per heavy atom. The van der Waals surface area contributed by atoms with Crippen LogP contribution in [0.5, 0.6) is 0 Å². The normalized spacial score (nSPS) is 18.5. The number of esters is 3. The standard InChI is InChI=1S/C15H16O6/c1-19-12(16)10-6-4-9(5-7-10)11-8-15(11,13(17)20-2)14(18)21-3/h4-7,11H,8H2,1-3H3. The third-order valence-corrected chi connectivity index (χ3v) is 3.79. The van der Waals surface area contributed by atoms with Crippen LogP contribution in [0.15, 0.2) is 24.3 Å². The molecule has 1 atom stereocenters. The Kier molecular flexibility index (Phi) is 3.97. The molecule has 112 valence electrons. The van der Waals surface area contributed by atoms with Crippen LogP contribution in [0.3, 0.4) is 0 Å². The molecule has 21 heavy (non-hydrogen) atoms. The van der Waals surface area contributed by atoms with Gasteiger partial charge in [-0.3, -0.25) is 9.59 Å². The van der Waals surface area contributed by atoms with E-state index in [1.54, 1.807) is 24.3 Å². The number of benzene rings is 1. The molecule has 1 unspecified atom stereocenters.